The molecule has 5 aliphatic rings. The van der Waals surface area contributed by atoms with Crippen LogP contribution in [-0.2, 0) is 22.1 Å². The van der Waals surface area contributed by atoms with Crippen molar-refractivity contribution in [3.63, 3.8) is 0 Å². The Bertz CT molecular complexity index is 2250. The van der Waals surface area contributed by atoms with Crippen LogP contribution in [0, 0.1) is 17.6 Å². The number of piperazine rings is 1. The van der Waals surface area contributed by atoms with Gasteiger partial charge in [0.15, 0.2) is 0 Å². The fourth-order valence-electron chi connectivity index (χ4n) is 9.93. The highest BCUT2D eigenvalue weighted by atomic mass is 19.3. The van der Waals surface area contributed by atoms with Gasteiger partial charge in [-0.05, 0) is 108 Å². The lowest BCUT2D eigenvalue weighted by atomic mass is 9.67. The summed E-state index contributed by atoms with van der Waals surface area (Å²) in [6, 6.07) is 20.0. The quantitative estimate of drug-likeness (QED) is 0.156. The molecule has 2 N–H and O–H groups in total. The fourth-order valence-corrected chi connectivity index (χ4v) is 9.93. The first-order valence-corrected chi connectivity index (χ1v) is 20.2. The Kier molecular flexibility index (Phi) is 9.90. The lowest BCUT2D eigenvalue weighted by Gasteiger charge is -2.40. The molecule has 0 bridgehead atoms. The number of halogens is 4. The van der Waals surface area contributed by atoms with Crippen molar-refractivity contribution in [1.29, 1.82) is 0 Å². The number of aromatic hydroxyl groups is 1. The predicted octanol–water partition coefficient (Wildman–Crippen LogP) is 6.88. The van der Waals surface area contributed by atoms with E-state index in [0.717, 1.165) is 105 Å². The lowest BCUT2D eigenvalue weighted by Crippen LogP contribution is -2.52. The maximum atomic E-state index is 15.6. The van der Waals surface area contributed by atoms with E-state index in [4.69, 9.17) is 0 Å². The monoisotopic (exact) mass is 795 g/mol. The van der Waals surface area contributed by atoms with Gasteiger partial charge in [0, 0.05) is 99.5 Å². The van der Waals surface area contributed by atoms with Crippen molar-refractivity contribution in [2.45, 2.75) is 62.4 Å². The molecule has 3 saturated heterocycles. The molecule has 3 atom stereocenters. The van der Waals surface area contributed by atoms with E-state index in [9.17, 15) is 23.9 Å². The van der Waals surface area contributed by atoms with Crippen LogP contribution in [0.5, 0.6) is 5.75 Å². The number of alkyl halides is 2. The van der Waals surface area contributed by atoms with Gasteiger partial charge in [0.05, 0.1) is 0 Å². The smallest absolute Gasteiger partial charge is 0.274 e. The molecule has 4 aromatic carbocycles. The van der Waals surface area contributed by atoms with Crippen LogP contribution < -0.4 is 15.1 Å². The van der Waals surface area contributed by atoms with E-state index in [1.165, 1.54) is 12.1 Å². The SMILES string of the molecule is O=C1CC[C@H](N2Cc3cc(N4CCN(CC5CCN(c6ccc([C@H]7c8ccc(O)cc8C(F)(F)C[C@H]7c7cc(F)ccc7F)cc6)CC5)CC4)ccc3C2=O)C(=O)N1. The maximum Gasteiger partial charge on any atom is 0.274 e. The van der Waals surface area contributed by atoms with Crippen LogP contribution in [0.3, 0.4) is 0 Å². The van der Waals surface area contributed by atoms with Gasteiger partial charge in [-0.25, -0.2) is 17.6 Å². The Morgan fingerprint density at radius 1 is 0.759 bits per heavy atom. The third-order valence-corrected chi connectivity index (χ3v) is 13.0. The molecular weight excluding hydrogens is 751 g/mol. The largest absolute Gasteiger partial charge is 0.508 e. The summed E-state index contributed by atoms with van der Waals surface area (Å²) >= 11 is 0. The highest BCUT2D eigenvalue weighted by molar-refractivity contribution is 6.05. The molecule has 0 aromatic heterocycles. The number of carbonyl (C=O) groups excluding carboxylic acids is 3. The highest BCUT2D eigenvalue weighted by Crippen LogP contribution is 2.55. The molecule has 0 saturated carbocycles. The van der Waals surface area contributed by atoms with Crippen LogP contribution in [0.4, 0.5) is 28.9 Å². The minimum atomic E-state index is -3.35. The van der Waals surface area contributed by atoms with E-state index in [2.05, 4.69) is 26.1 Å². The van der Waals surface area contributed by atoms with Gasteiger partial charge in [0.2, 0.25) is 11.8 Å². The van der Waals surface area contributed by atoms with E-state index >= 15 is 13.2 Å². The van der Waals surface area contributed by atoms with Crippen LogP contribution in [0.2, 0.25) is 0 Å². The summed E-state index contributed by atoms with van der Waals surface area (Å²) in [6.45, 7) is 6.72. The number of imide groups is 1. The minimum Gasteiger partial charge on any atom is -0.508 e. The average molecular weight is 796 g/mol. The number of hydrogen-bond acceptors (Lipinski definition) is 7. The Balaban J connectivity index is 0.806. The van der Waals surface area contributed by atoms with Crippen LogP contribution >= 0.6 is 0 Å². The number of carbonyl (C=O) groups is 3. The van der Waals surface area contributed by atoms with Crippen molar-refractivity contribution in [1.82, 2.24) is 15.1 Å². The zero-order valence-corrected chi connectivity index (χ0v) is 32.0. The second-order valence-corrected chi connectivity index (χ2v) is 16.5. The third kappa shape index (κ3) is 7.18. The molecular formula is C45H45F4N5O4. The van der Waals surface area contributed by atoms with Gasteiger partial charge in [-0.15, -0.1) is 0 Å². The van der Waals surface area contributed by atoms with Gasteiger partial charge >= 0.3 is 0 Å². The van der Waals surface area contributed by atoms with Gasteiger partial charge < -0.3 is 19.8 Å². The molecule has 3 fully saturated rings. The molecule has 4 aliphatic heterocycles. The summed E-state index contributed by atoms with van der Waals surface area (Å²) in [5.41, 5.74) is 4.24. The molecule has 0 radical (unpaired) electrons. The number of anilines is 2. The molecule has 9 rings (SSSR count). The van der Waals surface area contributed by atoms with E-state index in [1.54, 1.807) is 4.90 Å². The van der Waals surface area contributed by atoms with Gasteiger partial charge in [-0.2, -0.15) is 0 Å². The zero-order chi connectivity index (χ0) is 40.3. The van der Waals surface area contributed by atoms with Crippen molar-refractivity contribution in [3.05, 3.63) is 124 Å². The number of fused-ring (bicyclic) bond motifs is 2. The molecule has 58 heavy (non-hydrogen) atoms. The number of piperidine rings is 2. The van der Waals surface area contributed by atoms with Crippen molar-refractivity contribution in [2.75, 3.05) is 55.6 Å². The number of nitrogens with one attached hydrogen (secondary N) is 1. The Morgan fingerprint density at radius 2 is 1.48 bits per heavy atom. The number of phenols is 1. The van der Waals surface area contributed by atoms with Crippen LogP contribution in [0.15, 0.2) is 78.9 Å². The number of nitrogens with zero attached hydrogens (tertiary/aromatic N) is 4. The summed E-state index contributed by atoms with van der Waals surface area (Å²) in [5, 5.41) is 12.4. The Hall–Kier alpha value is -5.43. The van der Waals surface area contributed by atoms with Crippen LogP contribution in [0.1, 0.15) is 82.1 Å². The molecule has 4 heterocycles. The van der Waals surface area contributed by atoms with Gasteiger partial charge in [0.25, 0.3) is 11.8 Å². The number of rotatable bonds is 7. The van der Waals surface area contributed by atoms with Crippen molar-refractivity contribution >= 4 is 29.1 Å². The van der Waals surface area contributed by atoms with E-state index in [1.807, 2.05) is 36.4 Å². The standard InChI is InChI=1S/C45H45F4N5O4/c46-30-3-10-39(47)36(22-30)37-24-45(48,49)38-23-33(55)7-9-35(38)42(37)28-1-4-31(5-2-28)52-15-13-27(14-16-52)25-51-17-19-53(20-18-51)32-6-8-34-29(21-32)26-54(44(34)58)40-11-12-41(56)50-43(40)57/h1-10,21-23,27,37,40,42,55H,11-20,24-26H2,(H,50,56,57)/t37-,40-,42-/m0/s1. The Morgan fingerprint density at radius 3 is 2.22 bits per heavy atom. The molecule has 13 heteroatoms. The maximum absolute atomic E-state index is 15.6. The first kappa shape index (κ1) is 38.1. The van der Waals surface area contributed by atoms with E-state index in [0.29, 0.717) is 30.0 Å². The third-order valence-electron chi connectivity index (χ3n) is 13.0. The summed E-state index contributed by atoms with van der Waals surface area (Å²) in [4.78, 5) is 46.0. The molecule has 1 aliphatic carbocycles. The van der Waals surface area contributed by atoms with Gasteiger partial charge in [-0.3, -0.25) is 24.6 Å². The highest BCUT2D eigenvalue weighted by Gasteiger charge is 2.48. The van der Waals surface area contributed by atoms with E-state index < -0.39 is 47.8 Å². The predicted molar refractivity (Wildman–Crippen MR) is 210 cm³/mol. The molecule has 0 spiro atoms. The first-order chi connectivity index (χ1) is 27.9. The topological polar surface area (TPSA) is 96.4 Å². The Labute approximate surface area is 334 Å². The van der Waals surface area contributed by atoms with Crippen LogP contribution in [-0.4, -0.2) is 84.5 Å². The number of benzene rings is 4. The van der Waals surface area contributed by atoms with Crippen molar-refractivity contribution < 1.29 is 37.1 Å². The summed E-state index contributed by atoms with van der Waals surface area (Å²) in [5.74, 6) is -7.06. The molecule has 4 aromatic rings. The van der Waals surface area contributed by atoms with Crippen LogP contribution in [0.25, 0.3) is 0 Å². The summed E-state index contributed by atoms with van der Waals surface area (Å²) < 4.78 is 60.7. The van der Waals surface area contributed by atoms with E-state index in [-0.39, 0.29) is 35.1 Å². The molecule has 9 nitrogen and oxygen atoms in total. The molecule has 3 amide bonds. The summed E-state index contributed by atoms with van der Waals surface area (Å²) in [6.07, 6.45) is 1.90. The number of amides is 3. The minimum absolute atomic E-state index is 0.0861. The van der Waals surface area contributed by atoms with Gasteiger partial charge in [-0.1, -0.05) is 18.2 Å². The molecule has 302 valence electrons. The van der Waals surface area contributed by atoms with Crippen molar-refractivity contribution in [2.24, 2.45) is 5.92 Å². The fraction of sp³-hybridized carbons (Fsp3) is 0.400. The zero-order valence-electron chi connectivity index (χ0n) is 32.0. The average Bonchev–Trinajstić information content (AvgIpc) is 3.54. The summed E-state index contributed by atoms with van der Waals surface area (Å²) in [7, 11) is 0. The molecule has 0 unspecified atom stereocenters. The van der Waals surface area contributed by atoms with Gasteiger partial charge in [0.1, 0.15) is 23.4 Å². The number of hydrogen-bond donors (Lipinski definition) is 2. The lowest BCUT2D eigenvalue weighted by molar-refractivity contribution is -0.136. The number of phenolic OH excluding ortho intramolecular Hbond substituents is 1. The second-order valence-electron chi connectivity index (χ2n) is 16.5. The second kappa shape index (κ2) is 15.1. The normalized spacial score (nSPS) is 23.8. The first-order valence-electron chi connectivity index (χ1n) is 20.2. The van der Waals surface area contributed by atoms with Crippen molar-refractivity contribution in [3.8, 4) is 5.75 Å².